The summed E-state index contributed by atoms with van der Waals surface area (Å²) in [5.41, 5.74) is 0.830. The lowest BCUT2D eigenvalue weighted by molar-refractivity contribution is -0.121. The molecule has 3 rings (SSSR count). The lowest BCUT2D eigenvalue weighted by Gasteiger charge is -2.01. The monoisotopic (exact) mass is 397 g/mol. The highest BCUT2D eigenvalue weighted by Gasteiger charge is 2.32. The summed E-state index contributed by atoms with van der Waals surface area (Å²) in [5.74, 6) is 0.823. The fourth-order valence-corrected chi connectivity index (χ4v) is 3.14. The van der Waals surface area contributed by atoms with Crippen LogP contribution in [0.25, 0.3) is 17.4 Å². The second-order valence-electron chi connectivity index (χ2n) is 4.57. The minimum atomic E-state index is -0.320. The van der Waals surface area contributed by atoms with Gasteiger partial charge in [0.2, 0.25) is 0 Å². The van der Waals surface area contributed by atoms with E-state index in [-0.39, 0.29) is 11.1 Å². The Morgan fingerprint density at radius 3 is 2.68 bits per heavy atom. The molecule has 0 unspecified atom stereocenters. The molecule has 7 heteroatoms. The predicted octanol–water partition coefficient (Wildman–Crippen LogP) is 5.03. The molecule has 0 radical (unpaired) electrons. The standard InChI is InChI=1S/C15H9BrClNO3S/c1-18-14(19)13(22-15(18)20)7-9-3-5-12(21-9)8-2-4-10(16)11(17)6-8/h2-7H,1H3/b13-7-. The van der Waals surface area contributed by atoms with E-state index in [1.807, 2.05) is 12.1 Å². The Balaban J connectivity index is 1.90. The molecule has 1 saturated heterocycles. The Bertz CT molecular complexity index is 815. The molecule has 22 heavy (non-hydrogen) atoms. The average molecular weight is 399 g/mol. The highest BCUT2D eigenvalue weighted by molar-refractivity contribution is 9.10. The van der Waals surface area contributed by atoms with E-state index >= 15 is 0 Å². The SMILES string of the molecule is CN1C(=O)S/C(=C\c2ccc(-c3ccc(Br)c(Cl)c3)o2)C1=O. The first-order chi connectivity index (χ1) is 10.5. The summed E-state index contributed by atoms with van der Waals surface area (Å²) in [4.78, 5) is 24.7. The molecule has 0 aliphatic carbocycles. The zero-order valence-electron chi connectivity index (χ0n) is 11.3. The number of imide groups is 1. The fraction of sp³-hybridized carbons (Fsp3) is 0.0667. The number of rotatable bonds is 2. The minimum Gasteiger partial charge on any atom is -0.457 e. The van der Waals surface area contributed by atoms with E-state index in [1.54, 1.807) is 24.3 Å². The number of amides is 2. The summed E-state index contributed by atoms with van der Waals surface area (Å²) in [6.45, 7) is 0. The first kappa shape index (κ1) is 15.4. The molecule has 2 amide bonds. The van der Waals surface area contributed by atoms with Gasteiger partial charge in [0.25, 0.3) is 11.1 Å². The number of furan rings is 1. The van der Waals surface area contributed by atoms with Crippen LogP contribution in [0.3, 0.4) is 0 Å². The van der Waals surface area contributed by atoms with Gasteiger partial charge in [0.1, 0.15) is 11.5 Å². The van der Waals surface area contributed by atoms with Crippen molar-refractivity contribution in [2.24, 2.45) is 0 Å². The van der Waals surface area contributed by atoms with Gasteiger partial charge in [-0.1, -0.05) is 17.7 Å². The Morgan fingerprint density at radius 2 is 2.05 bits per heavy atom. The number of likely N-dealkylation sites (N-methyl/N-ethyl adjacent to an activating group) is 1. The number of hydrogen-bond donors (Lipinski definition) is 0. The van der Waals surface area contributed by atoms with E-state index in [9.17, 15) is 9.59 Å². The van der Waals surface area contributed by atoms with Crippen LogP contribution in [0.2, 0.25) is 5.02 Å². The van der Waals surface area contributed by atoms with Gasteiger partial charge in [0.15, 0.2) is 0 Å². The van der Waals surface area contributed by atoms with Crippen LogP contribution in [0.1, 0.15) is 5.76 Å². The summed E-state index contributed by atoms with van der Waals surface area (Å²) in [7, 11) is 1.45. The van der Waals surface area contributed by atoms with Crippen molar-refractivity contribution in [2.45, 2.75) is 0 Å². The van der Waals surface area contributed by atoms with E-state index in [2.05, 4.69) is 15.9 Å². The van der Waals surface area contributed by atoms with Crippen molar-refractivity contribution in [2.75, 3.05) is 7.05 Å². The van der Waals surface area contributed by atoms with Crippen molar-refractivity contribution >= 4 is 56.5 Å². The van der Waals surface area contributed by atoms with Gasteiger partial charge < -0.3 is 4.42 Å². The fourth-order valence-electron chi connectivity index (χ4n) is 1.91. The highest BCUT2D eigenvalue weighted by atomic mass is 79.9. The van der Waals surface area contributed by atoms with Crippen molar-refractivity contribution < 1.29 is 14.0 Å². The molecule has 0 N–H and O–H groups in total. The van der Waals surface area contributed by atoms with Gasteiger partial charge in [-0.2, -0.15) is 0 Å². The third-order valence-electron chi connectivity index (χ3n) is 3.09. The van der Waals surface area contributed by atoms with Crippen LogP contribution in [0, 0.1) is 0 Å². The van der Waals surface area contributed by atoms with Gasteiger partial charge in [-0.15, -0.1) is 0 Å². The van der Waals surface area contributed by atoms with Gasteiger partial charge >= 0.3 is 0 Å². The molecular formula is C15H9BrClNO3S. The first-order valence-corrected chi connectivity index (χ1v) is 8.21. The maximum absolute atomic E-state index is 11.8. The quantitative estimate of drug-likeness (QED) is 0.666. The third kappa shape index (κ3) is 2.86. The number of benzene rings is 1. The highest BCUT2D eigenvalue weighted by Crippen LogP contribution is 2.33. The van der Waals surface area contributed by atoms with E-state index in [0.717, 1.165) is 26.7 Å². The average Bonchev–Trinajstić information content (AvgIpc) is 3.04. The van der Waals surface area contributed by atoms with Crippen molar-refractivity contribution in [3.63, 3.8) is 0 Å². The predicted molar refractivity (Wildman–Crippen MR) is 90.6 cm³/mol. The van der Waals surface area contributed by atoms with Crippen molar-refractivity contribution in [3.05, 3.63) is 50.5 Å². The van der Waals surface area contributed by atoms with Crippen LogP contribution < -0.4 is 0 Å². The number of nitrogens with zero attached hydrogens (tertiary/aromatic N) is 1. The van der Waals surface area contributed by atoms with Crippen LogP contribution >= 0.6 is 39.3 Å². The van der Waals surface area contributed by atoms with Gasteiger partial charge in [0, 0.05) is 23.2 Å². The van der Waals surface area contributed by atoms with Crippen LogP contribution in [-0.4, -0.2) is 23.1 Å². The lowest BCUT2D eigenvalue weighted by Crippen LogP contribution is -2.22. The lowest BCUT2D eigenvalue weighted by atomic mass is 10.2. The number of hydrogen-bond acceptors (Lipinski definition) is 4. The summed E-state index contributed by atoms with van der Waals surface area (Å²) < 4.78 is 6.51. The summed E-state index contributed by atoms with van der Waals surface area (Å²) >= 11 is 10.3. The Kier molecular flexibility index (Phi) is 4.16. The second-order valence-corrected chi connectivity index (χ2v) is 6.83. The molecule has 1 aromatic carbocycles. The molecule has 1 aliphatic heterocycles. The topological polar surface area (TPSA) is 50.5 Å². The molecule has 112 valence electrons. The number of halogens is 2. The van der Waals surface area contributed by atoms with Crippen LogP contribution in [0.5, 0.6) is 0 Å². The van der Waals surface area contributed by atoms with E-state index < -0.39 is 0 Å². The zero-order valence-corrected chi connectivity index (χ0v) is 14.5. The van der Waals surface area contributed by atoms with E-state index in [1.165, 1.54) is 7.05 Å². The number of thioether (sulfide) groups is 1. The molecule has 2 aromatic rings. The zero-order chi connectivity index (χ0) is 15.9. The van der Waals surface area contributed by atoms with E-state index in [4.69, 9.17) is 16.0 Å². The molecule has 1 fully saturated rings. The van der Waals surface area contributed by atoms with Gasteiger partial charge in [-0.05, 0) is 52.0 Å². The van der Waals surface area contributed by atoms with Crippen molar-refractivity contribution in [1.82, 2.24) is 4.90 Å². The van der Waals surface area contributed by atoms with Gasteiger partial charge in [-0.25, -0.2) is 0 Å². The van der Waals surface area contributed by atoms with Crippen molar-refractivity contribution in [1.29, 1.82) is 0 Å². The molecule has 0 saturated carbocycles. The van der Waals surface area contributed by atoms with Gasteiger partial charge in [0.05, 0.1) is 9.93 Å². The summed E-state index contributed by atoms with van der Waals surface area (Å²) in [5, 5.41) is 0.297. The number of carbonyl (C=O) groups excluding carboxylic acids is 2. The molecule has 1 aliphatic rings. The maximum Gasteiger partial charge on any atom is 0.293 e. The third-order valence-corrected chi connectivity index (χ3v) is 5.28. The molecular weight excluding hydrogens is 390 g/mol. The van der Waals surface area contributed by atoms with Gasteiger partial charge in [-0.3, -0.25) is 14.5 Å². The molecule has 4 nitrogen and oxygen atoms in total. The largest absolute Gasteiger partial charge is 0.457 e. The van der Waals surface area contributed by atoms with Crippen LogP contribution in [0.4, 0.5) is 4.79 Å². The summed E-state index contributed by atoms with van der Waals surface area (Å²) in [6, 6.07) is 9.03. The Morgan fingerprint density at radius 1 is 1.27 bits per heavy atom. The van der Waals surface area contributed by atoms with Crippen molar-refractivity contribution in [3.8, 4) is 11.3 Å². The number of carbonyl (C=O) groups is 2. The smallest absolute Gasteiger partial charge is 0.293 e. The van der Waals surface area contributed by atoms with Crippen LogP contribution in [-0.2, 0) is 4.79 Å². The molecule has 0 spiro atoms. The maximum atomic E-state index is 11.8. The molecule has 2 heterocycles. The molecule has 0 bridgehead atoms. The normalized spacial score (nSPS) is 16.9. The Labute approximate surface area is 144 Å². The van der Waals surface area contributed by atoms with E-state index in [0.29, 0.717) is 21.4 Å². The second kappa shape index (κ2) is 5.95. The minimum absolute atomic E-state index is 0.289. The molecule has 1 aromatic heterocycles. The summed E-state index contributed by atoms with van der Waals surface area (Å²) in [6.07, 6.45) is 1.57. The Hall–Kier alpha value is -1.50. The first-order valence-electron chi connectivity index (χ1n) is 6.22. The van der Waals surface area contributed by atoms with Crippen LogP contribution in [0.15, 0.2) is 44.1 Å². The molecule has 0 atom stereocenters.